The van der Waals surface area contributed by atoms with Crippen molar-refractivity contribution in [3.63, 3.8) is 0 Å². The fourth-order valence-electron chi connectivity index (χ4n) is 2.48. The van der Waals surface area contributed by atoms with E-state index in [-0.39, 0.29) is 11.5 Å². The maximum atomic E-state index is 12.6. The molecule has 0 fully saturated rings. The number of rotatable bonds is 2. The van der Waals surface area contributed by atoms with E-state index in [0.717, 1.165) is 14.7 Å². The SMILES string of the molecule is O=C(O)c1ccc2c(c1)CN(C(=O)c1ccccc1I)C2. The van der Waals surface area contributed by atoms with Crippen molar-refractivity contribution < 1.29 is 14.7 Å². The summed E-state index contributed by atoms with van der Waals surface area (Å²) in [7, 11) is 0. The van der Waals surface area contributed by atoms with Gasteiger partial charge in [-0.3, -0.25) is 4.79 Å². The number of benzene rings is 2. The van der Waals surface area contributed by atoms with Crippen LogP contribution in [0.15, 0.2) is 42.5 Å². The van der Waals surface area contributed by atoms with E-state index in [4.69, 9.17) is 5.11 Å². The summed E-state index contributed by atoms with van der Waals surface area (Å²) in [6.07, 6.45) is 0. The van der Waals surface area contributed by atoms with Crippen molar-refractivity contribution in [3.05, 3.63) is 68.3 Å². The fourth-order valence-corrected chi connectivity index (χ4v) is 3.09. The molecule has 0 aliphatic carbocycles. The number of carbonyl (C=O) groups excluding carboxylic acids is 1. The van der Waals surface area contributed by atoms with Crippen LogP contribution in [0.4, 0.5) is 0 Å². The lowest BCUT2D eigenvalue weighted by Crippen LogP contribution is -2.26. The smallest absolute Gasteiger partial charge is 0.335 e. The van der Waals surface area contributed by atoms with E-state index >= 15 is 0 Å². The minimum absolute atomic E-state index is 0.0203. The zero-order chi connectivity index (χ0) is 15.0. The van der Waals surface area contributed by atoms with E-state index < -0.39 is 5.97 Å². The second kappa shape index (κ2) is 5.48. The van der Waals surface area contributed by atoms with Crippen LogP contribution in [0, 0.1) is 3.57 Å². The van der Waals surface area contributed by atoms with Gasteiger partial charge in [-0.1, -0.05) is 18.2 Å². The Morgan fingerprint density at radius 1 is 1.05 bits per heavy atom. The molecule has 0 saturated heterocycles. The van der Waals surface area contributed by atoms with Gasteiger partial charge < -0.3 is 10.0 Å². The van der Waals surface area contributed by atoms with Gasteiger partial charge in [-0.05, 0) is 58.0 Å². The molecule has 1 amide bonds. The molecule has 1 aliphatic heterocycles. The molecule has 5 heteroatoms. The van der Waals surface area contributed by atoms with Crippen LogP contribution >= 0.6 is 22.6 Å². The van der Waals surface area contributed by atoms with Crippen LogP contribution in [-0.2, 0) is 13.1 Å². The molecule has 0 saturated carbocycles. The third-order valence-corrected chi connectivity index (χ3v) is 4.51. The summed E-state index contributed by atoms with van der Waals surface area (Å²) in [4.78, 5) is 25.3. The lowest BCUT2D eigenvalue weighted by atomic mass is 10.1. The van der Waals surface area contributed by atoms with Crippen molar-refractivity contribution in [1.82, 2.24) is 4.90 Å². The lowest BCUT2D eigenvalue weighted by Gasteiger charge is -2.16. The maximum Gasteiger partial charge on any atom is 0.335 e. The van der Waals surface area contributed by atoms with Crippen molar-refractivity contribution in [1.29, 1.82) is 0 Å². The zero-order valence-corrected chi connectivity index (χ0v) is 13.2. The maximum absolute atomic E-state index is 12.6. The number of amides is 1. The Hall–Kier alpha value is -1.89. The van der Waals surface area contributed by atoms with Crippen molar-refractivity contribution in [2.75, 3.05) is 0 Å². The average molecular weight is 393 g/mol. The van der Waals surface area contributed by atoms with Gasteiger partial charge in [0.05, 0.1) is 11.1 Å². The number of carbonyl (C=O) groups is 2. The Morgan fingerprint density at radius 2 is 1.76 bits per heavy atom. The minimum Gasteiger partial charge on any atom is -0.478 e. The molecule has 0 atom stereocenters. The number of aromatic carboxylic acids is 1. The third-order valence-electron chi connectivity index (χ3n) is 3.57. The Kier molecular flexibility index (Phi) is 3.67. The lowest BCUT2D eigenvalue weighted by molar-refractivity contribution is 0.0696. The molecule has 0 spiro atoms. The molecule has 0 unspecified atom stereocenters. The predicted octanol–water partition coefficient (Wildman–Crippen LogP) is 3.15. The first-order valence-electron chi connectivity index (χ1n) is 6.45. The highest BCUT2D eigenvalue weighted by Crippen LogP contribution is 2.26. The molecule has 106 valence electrons. The van der Waals surface area contributed by atoms with E-state index in [1.165, 1.54) is 0 Å². The van der Waals surface area contributed by atoms with Gasteiger partial charge in [0.2, 0.25) is 0 Å². The van der Waals surface area contributed by atoms with E-state index in [9.17, 15) is 9.59 Å². The number of carboxylic acid groups (broad SMARTS) is 1. The molecule has 4 nitrogen and oxygen atoms in total. The largest absolute Gasteiger partial charge is 0.478 e. The second-order valence-corrected chi connectivity index (χ2v) is 6.09. The van der Waals surface area contributed by atoms with Crippen LogP contribution in [0.2, 0.25) is 0 Å². The number of hydrogen-bond acceptors (Lipinski definition) is 2. The Morgan fingerprint density at radius 3 is 2.48 bits per heavy atom. The average Bonchev–Trinajstić information content (AvgIpc) is 2.89. The summed E-state index contributed by atoms with van der Waals surface area (Å²) in [6.45, 7) is 0.985. The summed E-state index contributed by atoms with van der Waals surface area (Å²) < 4.78 is 0.919. The molecule has 1 N–H and O–H groups in total. The van der Waals surface area contributed by atoms with Crippen LogP contribution in [0.5, 0.6) is 0 Å². The molecule has 0 bridgehead atoms. The van der Waals surface area contributed by atoms with Gasteiger partial charge in [0.15, 0.2) is 0 Å². The minimum atomic E-state index is -0.944. The van der Waals surface area contributed by atoms with Gasteiger partial charge in [0.25, 0.3) is 5.91 Å². The van der Waals surface area contributed by atoms with Crippen molar-refractivity contribution >= 4 is 34.5 Å². The first kappa shape index (κ1) is 14.1. The van der Waals surface area contributed by atoms with Gasteiger partial charge in [-0.25, -0.2) is 4.79 Å². The first-order valence-corrected chi connectivity index (χ1v) is 7.53. The Balaban J connectivity index is 1.86. The van der Waals surface area contributed by atoms with E-state index in [1.54, 1.807) is 23.1 Å². The van der Waals surface area contributed by atoms with Gasteiger partial charge in [0.1, 0.15) is 0 Å². The number of carboxylic acids is 1. The quantitative estimate of drug-likeness (QED) is 0.798. The molecular formula is C16H12INO3. The molecule has 0 aromatic heterocycles. The standard InChI is InChI=1S/C16H12INO3/c17-14-4-2-1-3-13(14)15(19)18-8-11-6-5-10(16(20)21)7-12(11)9-18/h1-7H,8-9H2,(H,20,21). The zero-order valence-electron chi connectivity index (χ0n) is 11.0. The third kappa shape index (κ3) is 2.65. The predicted molar refractivity (Wildman–Crippen MR) is 86.1 cm³/mol. The fraction of sp³-hybridized carbons (Fsp3) is 0.125. The topological polar surface area (TPSA) is 57.6 Å². The molecule has 1 aliphatic rings. The molecule has 2 aromatic carbocycles. The number of hydrogen-bond donors (Lipinski definition) is 1. The van der Waals surface area contributed by atoms with Gasteiger partial charge >= 0.3 is 5.97 Å². The van der Waals surface area contributed by atoms with Crippen LogP contribution in [0.25, 0.3) is 0 Å². The van der Waals surface area contributed by atoms with Crippen LogP contribution in [0.1, 0.15) is 31.8 Å². The summed E-state index contributed by atoms with van der Waals surface area (Å²) in [5.41, 5.74) is 2.87. The van der Waals surface area contributed by atoms with Gasteiger partial charge in [-0.15, -0.1) is 0 Å². The van der Waals surface area contributed by atoms with Crippen LogP contribution in [-0.4, -0.2) is 21.9 Å². The molecule has 0 radical (unpaired) electrons. The first-order chi connectivity index (χ1) is 10.1. The molecule has 2 aromatic rings. The van der Waals surface area contributed by atoms with Gasteiger partial charge in [0, 0.05) is 16.7 Å². The van der Waals surface area contributed by atoms with E-state index in [1.807, 2.05) is 24.3 Å². The van der Waals surface area contributed by atoms with E-state index in [0.29, 0.717) is 18.7 Å². The summed E-state index contributed by atoms with van der Waals surface area (Å²) in [6, 6.07) is 12.5. The van der Waals surface area contributed by atoms with E-state index in [2.05, 4.69) is 22.6 Å². The Bertz CT molecular complexity index is 742. The highest BCUT2D eigenvalue weighted by molar-refractivity contribution is 14.1. The normalized spacial score (nSPS) is 13.1. The number of nitrogens with zero attached hydrogens (tertiary/aromatic N) is 1. The highest BCUT2D eigenvalue weighted by atomic mass is 127. The summed E-state index contributed by atoms with van der Waals surface area (Å²) in [5.74, 6) is -0.965. The molecule has 3 rings (SSSR count). The van der Waals surface area contributed by atoms with Gasteiger partial charge in [-0.2, -0.15) is 0 Å². The monoisotopic (exact) mass is 393 g/mol. The molecule has 21 heavy (non-hydrogen) atoms. The Labute approximate surface area is 135 Å². The molecular weight excluding hydrogens is 381 g/mol. The van der Waals surface area contributed by atoms with Crippen LogP contribution in [0.3, 0.4) is 0 Å². The number of fused-ring (bicyclic) bond motifs is 1. The van der Waals surface area contributed by atoms with Crippen molar-refractivity contribution in [3.8, 4) is 0 Å². The highest BCUT2D eigenvalue weighted by Gasteiger charge is 2.25. The summed E-state index contributed by atoms with van der Waals surface area (Å²) >= 11 is 2.15. The molecule has 1 heterocycles. The summed E-state index contributed by atoms with van der Waals surface area (Å²) in [5, 5.41) is 9.02. The number of halogens is 1. The van der Waals surface area contributed by atoms with Crippen molar-refractivity contribution in [2.24, 2.45) is 0 Å². The second-order valence-electron chi connectivity index (χ2n) is 4.93. The van der Waals surface area contributed by atoms with Crippen LogP contribution < -0.4 is 0 Å². The van der Waals surface area contributed by atoms with Crippen molar-refractivity contribution in [2.45, 2.75) is 13.1 Å².